The molecule has 1 amide bonds. The van der Waals surface area contributed by atoms with Crippen LogP contribution in [0, 0.1) is 5.92 Å². The van der Waals surface area contributed by atoms with Crippen LogP contribution in [0.5, 0.6) is 0 Å². The topological polar surface area (TPSA) is 38.8 Å². The van der Waals surface area contributed by atoms with Crippen molar-refractivity contribution < 1.29 is 4.79 Å². The van der Waals surface area contributed by atoms with Crippen molar-refractivity contribution in [2.45, 2.75) is 56.7 Å². The van der Waals surface area contributed by atoms with Crippen LogP contribution in [0.1, 0.15) is 37.7 Å². The van der Waals surface area contributed by atoms with Crippen molar-refractivity contribution >= 4 is 5.91 Å². The van der Waals surface area contributed by atoms with E-state index in [0.717, 1.165) is 44.9 Å². The molecule has 5 heteroatoms. The van der Waals surface area contributed by atoms with Gasteiger partial charge in [0.2, 0.25) is 5.91 Å². The Morgan fingerprint density at radius 1 is 0.897 bits per heavy atom. The highest BCUT2D eigenvalue weighted by Gasteiger charge is 2.39. The summed E-state index contributed by atoms with van der Waals surface area (Å²) in [5.41, 5.74) is 1.45. The number of amides is 1. The van der Waals surface area contributed by atoms with Crippen molar-refractivity contribution in [3.63, 3.8) is 0 Å². The summed E-state index contributed by atoms with van der Waals surface area (Å²) >= 11 is 0. The average molecular weight is 397 g/mol. The van der Waals surface area contributed by atoms with Crippen LogP contribution in [0.2, 0.25) is 0 Å². The van der Waals surface area contributed by atoms with Crippen molar-refractivity contribution in [3.05, 3.63) is 35.9 Å². The van der Waals surface area contributed by atoms with Gasteiger partial charge in [-0.3, -0.25) is 14.6 Å². The van der Waals surface area contributed by atoms with Crippen LogP contribution < -0.4 is 5.32 Å². The van der Waals surface area contributed by atoms with Crippen LogP contribution in [-0.4, -0.2) is 84.5 Å². The molecule has 3 unspecified atom stereocenters. The summed E-state index contributed by atoms with van der Waals surface area (Å²) in [4.78, 5) is 19.9. The Balaban J connectivity index is 1.09. The van der Waals surface area contributed by atoms with E-state index in [1.165, 1.54) is 51.0 Å². The fourth-order valence-electron chi connectivity index (χ4n) is 5.67. The largest absolute Gasteiger partial charge is 0.341 e. The van der Waals surface area contributed by atoms with Crippen LogP contribution in [0.3, 0.4) is 0 Å². The molecular formula is C24H36N4O. The highest BCUT2D eigenvalue weighted by Crippen LogP contribution is 2.32. The Labute approximate surface area is 175 Å². The highest BCUT2D eigenvalue weighted by atomic mass is 16.2. The van der Waals surface area contributed by atoms with Gasteiger partial charge in [0.15, 0.2) is 0 Å². The Morgan fingerprint density at radius 3 is 2.34 bits per heavy atom. The lowest BCUT2D eigenvalue weighted by Crippen LogP contribution is -2.56. The SMILES string of the molecule is O=C(C1CC1)N1CCC(N2CCN(C3CCNC(Cc4ccccc4)C3)CC2)C1. The quantitative estimate of drug-likeness (QED) is 0.826. The minimum absolute atomic E-state index is 0.370. The fourth-order valence-corrected chi connectivity index (χ4v) is 5.67. The normalized spacial score (nSPS) is 31.9. The van der Waals surface area contributed by atoms with Crippen LogP contribution >= 0.6 is 0 Å². The number of carbonyl (C=O) groups excluding carboxylic acids is 1. The third-order valence-electron chi connectivity index (χ3n) is 7.58. The number of nitrogens with zero attached hydrogens (tertiary/aromatic N) is 3. The smallest absolute Gasteiger partial charge is 0.225 e. The number of hydrogen-bond donors (Lipinski definition) is 1. The van der Waals surface area contributed by atoms with Crippen LogP contribution in [0.15, 0.2) is 30.3 Å². The van der Waals surface area contributed by atoms with Crippen LogP contribution in [0.4, 0.5) is 0 Å². The molecule has 3 aliphatic heterocycles. The molecule has 0 aromatic heterocycles. The van der Waals surface area contributed by atoms with Gasteiger partial charge in [0.25, 0.3) is 0 Å². The predicted molar refractivity (Wildman–Crippen MR) is 116 cm³/mol. The van der Waals surface area contributed by atoms with Crippen LogP contribution in [0.25, 0.3) is 0 Å². The first-order valence-electron chi connectivity index (χ1n) is 11.8. The number of rotatable bonds is 5. The summed E-state index contributed by atoms with van der Waals surface area (Å²) in [7, 11) is 0. The molecule has 5 rings (SSSR count). The first kappa shape index (κ1) is 19.5. The summed E-state index contributed by atoms with van der Waals surface area (Å²) in [6, 6.07) is 12.8. The van der Waals surface area contributed by atoms with Crippen molar-refractivity contribution in [2.75, 3.05) is 45.8 Å². The maximum atomic E-state index is 12.3. The number of benzene rings is 1. The lowest BCUT2D eigenvalue weighted by atomic mass is 9.93. The molecule has 158 valence electrons. The second-order valence-electron chi connectivity index (χ2n) is 9.59. The number of likely N-dealkylation sites (tertiary alicyclic amines) is 1. The second-order valence-corrected chi connectivity index (χ2v) is 9.59. The van der Waals surface area contributed by atoms with Gasteiger partial charge in [0.05, 0.1) is 0 Å². The molecule has 1 aliphatic carbocycles. The molecule has 5 nitrogen and oxygen atoms in total. The Morgan fingerprint density at radius 2 is 1.62 bits per heavy atom. The summed E-state index contributed by atoms with van der Waals surface area (Å²) in [6.45, 7) is 7.82. The number of hydrogen-bond acceptors (Lipinski definition) is 4. The van der Waals surface area contributed by atoms with E-state index in [0.29, 0.717) is 23.9 Å². The lowest BCUT2D eigenvalue weighted by Gasteiger charge is -2.44. The molecule has 1 saturated carbocycles. The van der Waals surface area contributed by atoms with E-state index in [2.05, 4.69) is 50.3 Å². The van der Waals surface area contributed by atoms with Crippen molar-refractivity contribution in [2.24, 2.45) is 5.92 Å². The van der Waals surface area contributed by atoms with Gasteiger partial charge in [-0.1, -0.05) is 30.3 Å². The first-order chi connectivity index (χ1) is 14.3. The lowest BCUT2D eigenvalue weighted by molar-refractivity contribution is -0.131. The third-order valence-corrected chi connectivity index (χ3v) is 7.58. The van der Waals surface area contributed by atoms with Gasteiger partial charge in [-0.05, 0) is 50.6 Å². The third kappa shape index (κ3) is 4.68. The average Bonchev–Trinajstić information content (AvgIpc) is 3.51. The molecule has 29 heavy (non-hydrogen) atoms. The highest BCUT2D eigenvalue weighted by molar-refractivity contribution is 5.81. The molecule has 0 radical (unpaired) electrons. The number of carbonyl (C=O) groups is 1. The van der Waals surface area contributed by atoms with Gasteiger partial charge < -0.3 is 10.2 Å². The number of piperazine rings is 1. The molecule has 1 N–H and O–H groups in total. The Hall–Kier alpha value is -1.43. The van der Waals surface area contributed by atoms with Crippen molar-refractivity contribution in [1.29, 1.82) is 0 Å². The molecule has 4 aliphatic rings. The molecule has 0 spiro atoms. The predicted octanol–water partition coefficient (Wildman–Crippen LogP) is 1.98. The van der Waals surface area contributed by atoms with Crippen LogP contribution in [-0.2, 0) is 11.2 Å². The fraction of sp³-hybridized carbons (Fsp3) is 0.708. The zero-order valence-electron chi connectivity index (χ0n) is 17.6. The van der Waals surface area contributed by atoms with Gasteiger partial charge in [-0.15, -0.1) is 0 Å². The molecule has 1 aromatic carbocycles. The van der Waals surface area contributed by atoms with E-state index in [1.54, 1.807) is 0 Å². The minimum atomic E-state index is 0.370. The Kier molecular flexibility index (Phi) is 5.89. The maximum absolute atomic E-state index is 12.3. The van der Waals surface area contributed by atoms with E-state index in [4.69, 9.17) is 0 Å². The zero-order chi connectivity index (χ0) is 19.6. The van der Waals surface area contributed by atoms with E-state index < -0.39 is 0 Å². The molecule has 3 atom stereocenters. The molecule has 0 bridgehead atoms. The van der Waals surface area contributed by atoms with Gasteiger partial charge in [-0.2, -0.15) is 0 Å². The molecule has 3 saturated heterocycles. The van der Waals surface area contributed by atoms with E-state index in [1.807, 2.05) is 0 Å². The molecule has 4 fully saturated rings. The van der Waals surface area contributed by atoms with Gasteiger partial charge in [-0.25, -0.2) is 0 Å². The first-order valence-corrected chi connectivity index (χ1v) is 11.8. The minimum Gasteiger partial charge on any atom is -0.341 e. The van der Waals surface area contributed by atoms with E-state index >= 15 is 0 Å². The standard InChI is InChI=1S/C24H36N4O/c29-24(20-6-7-20)28-11-9-23(18-28)27-14-12-26(13-15-27)22-8-10-25-21(17-22)16-19-4-2-1-3-5-19/h1-5,20-23,25H,6-18H2. The second kappa shape index (κ2) is 8.75. The van der Waals surface area contributed by atoms with Crippen molar-refractivity contribution in [1.82, 2.24) is 20.0 Å². The maximum Gasteiger partial charge on any atom is 0.225 e. The molecule has 3 heterocycles. The monoisotopic (exact) mass is 396 g/mol. The zero-order valence-corrected chi connectivity index (χ0v) is 17.6. The van der Waals surface area contributed by atoms with Crippen molar-refractivity contribution in [3.8, 4) is 0 Å². The summed E-state index contributed by atoms with van der Waals surface area (Å²) in [6.07, 6.45) is 7.11. The van der Waals surface area contributed by atoms with E-state index in [-0.39, 0.29) is 0 Å². The number of piperidine rings is 1. The van der Waals surface area contributed by atoms with Gasteiger partial charge in [0.1, 0.15) is 0 Å². The number of nitrogens with one attached hydrogen (secondary N) is 1. The molecule has 1 aromatic rings. The van der Waals surface area contributed by atoms with Gasteiger partial charge >= 0.3 is 0 Å². The Bertz CT molecular complexity index is 683. The summed E-state index contributed by atoms with van der Waals surface area (Å²) in [5, 5.41) is 3.75. The van der Waals surface area contributed by atoms with E-state index in [9.17, 15) is 4.79 Å². The summed E-state index contributed by atoms with van der Waals surface area (Å²) < 4.78 is 0. The molecular weight excluding hydrogens is 360 g/mol. The van der Waals surface area contributed by atoms with Gasteiger partial charge in [0, 0.05) is 63.3 Å². The summed E-state index contributed by atoms with van der Waals surface area (Å²) in [5.74, 6) is 0.805.